The smallest absolute Gasteiger partial charge is 0.0595 e. The molecule has 0 radical (unpaired) electrons. The Morgan fingerprint density at radius 2 is 2.06 bits per heavy atom. The van der Waals surface area contributed by atoms with Gasteiger partial charge in [-0.3, -0.25) is 0 Å². The normalized spacial score (nSPS) is 24.0. The van der Waals surface area contributed by atoms with E-state index in [0.717, 1.165) is 24.8 Å². The zero-order chi connectivity index (χ0) is 13.1. The van der Waals surface area contributed by atoms with E-state index in [1.54, 1.807) is 0 Å². The Labute approximate surface area is 120 Å². The summed E-state index contributed by atoms with van der Waals surface area (Å²) in [6.07, 6.45) is 3.58. The van der Waals surface area contributed by atoms with Gasteiger partial charge in [0.2, 0.25) is 0 Å². The largest absolute Gasteiger partial charge is 0.313 e. The van der Waals surface area contributed by atoms with Crippen molar-refractivity contribution in [3.8, 4) is 0 Å². The van der Waals surface area contributed by atoms with Gasteiger partial charge in [0.25, 0.3) is 0 Å². The number of benzene rings is 1. The first-order chi connectivity index (χ1) is 8.61. The lowest BCUT2D eigenvalue weighted by Crippen LogP contribution is -2.34. The molecular formula is C15H21Cl2N. The van der Waals surface area contributed by atoms with Crippen LogP contribution in [0.4, 0.5) is 0 Å². The minimum absolute atomic E-state index is 0.581. The van der Waals surface area contributed by atoms with Gasteiger partial charge in [-0.25, -0.2) is 0 Å². The maximum absolute atomic E-state index is 6.07. The van der Waals surface area contributed by atoms with Crippen LogP contribution in [0.2, 0.25) is 10.0 Å². The van der Waals surface area contributed by atoms with Gasteiger partial charge in [0, 0.05) is 6.04 Å². The predicted octanol–water partition coefficient (Wildman–Crippen LogP) is 4.56. The van der Waals surface area contributed by atoms with Crippen molar-refractivity contribution in [3.63, 3.8) is 0 Å². The van der Waals surface area contributed by atoms with Gasteiger partial charge in [-0.1, -0.05) is 43.1 Å². The van der Waals surface area contributed by atoms with E-state index in [4.69, 9.17) is 23.2 Å². The van der Waals surface area contributed by atoms with E-state index in [2.05, 4.69) is 25.2 Å². The molecule has 1 aromatic carbocycles. The first kappa shape index (κ1) is 14.2. The van der Waals surface area contributed by atoms with Gasteiger partial charge in [-0.15, -0.1) is 0 Å². The number of hydrogen-bond donors (Lipinski definition) is 1. The summed E-state index contributed by atoms with van der Waals surface area (Å²) in [7, 11) is 0. The third kappa shape index (κ3) is 3.63. The molecule has 1 fully saturated rings. The summed E-state index contributed by atoms with van der Waals surface area (Å²) in [5, 5.41) is 4.97. The monoisotopic (exact) mass is 285 g/mol. The average molecular weight is 286 g/mol. The zero-order valence-electron chi connectivity index (χ0n) is 11.0. The lowest BCUT2D eigenvalue weighted by molar-refractivity contribution is 0.443. The van der Waals surface area contributed by atoms with Crippen LogP contribution in [0.5, 0.6) is 0 Å². The highest BCUT2D eigenvalue weighted by atomic mass is 35.5. The quantitative estimate of drug-likeness (QED) is 0.808. The highest BCUT2D eigenvalue weighted by Gasteiger charge is 2.38. The van der Waals surface area contributed by atoms with E-state index in [9.17, 15) is 0 Å². The molecule has 1 nitrogen and oxygen atoms in total. The first-order valence-corrected chi connectivity index (χ1v) is 7.54. The molecule has 1 saturated carbocycles. The second kappa shape index (κ2) is 6.27. The molecule has 3 heteroatoms. The molecule has 18 heavy (non-hydrogen) atoms. The van der Waals surface area contributed by atoms with E-state index in [-0.39, 0.29) is 0 Å². The third-order valence-electron chi connectivity index (χ3n) is 3.78. The molecule has 1 N–H and O–H groups in total. The molecule has 0 heterocycles. The molecule has 3 unspecified atom stereocenters. The van der Waals surface area contributed by atoms with E-state index in [0.29, 0.717) is 16.1 Å². The van der Waals surface area contributed by atoms with Crippen LogP contribution in [0.1, 0.15) is 32.3 Å². The van der Waals surface area contributed by atoms with Gasteiger partial charge in [0.1, 0.15) is 0 Å². The molecule has 100 valence electrons. The fourth-order valence-electron chi connectivity index (χ4n) is 2.54. The number of halogens is 2. The van der Waals surface area contributed by atoms with E-state index >= 15 is 0 Å². The lowest BCUT2D eigenvalue weighted by Gasteiger charge is -2.19. The Bertz CT molecular complexity index is 405. The molecular weight excluding hydrogens is 265 g/mol. The molecule has 0 amide bonds. The van der Waals surface area contributed by atoms with Crippen molar-refractivity contribution in [1.29, 1.82) is 0 Å². The lowest BCUT2D eigenvalue weighted by atomic mass is 10.0. The minimum atomic E-state index is 0.581. The SMILES string of the molecule is CCCNC(Cc1ccc(Cl)c(Cl)c1)C1CC1C. The summed E-state index contributed by atoms with van der Waals surface area (Å²) in [5.74, 6) is 1.69. The zero-order valence-corrected chi connectivity index (χ0v) is 12.6. The maximum atomic E-state index is 6.07. The molecule has 3 atom stereocenters. The highest BCUT2D eigenvalue weighted by molar-refractivity contribution is 6.42. The molecule has 1 aromatic rings. The third-order valence-corrected chi connectivity index (χ3v) is 4.52. The number of rotatable bonds is 6. The standard InChI is InChI=1S/C15H21Cl2N/c1-3-6-18-15(12-7-10(12)2)9-11-4-5-13(16)14(17)8-11/h4-5,8,10,12,15,18H,3,6-7,9H2,1-2H3. The fourth-order valence-corrected chi connectivity index (χ4v) is 2.86. The summed E-state index contributed by atoms with van der Waals surface area (Å²) < 4.78 is 0. The number of nitrogens with one attached hydrogen (secondary N) is 1. The maximum Gasteiger partial charge on any atom is 0.0595 e. The van der Waals surface area contributed by atoms with Crippen LogP contribution in [0.3, 0.4) is 0 Å². The van der Waals surface area contributed by atoms with Crippen molar-refractivity contribution in [2.24, 2.45) is 11.8 Å². The van der Waals surface area contributed by atoms with Crippen molar-refractivity contribution in [2.75, 3.05) is 6.54 Å². The van der Waals surface area contributed by atoms with Gasteiger partial charge in [-0.05, 0) is 55.3 Å². The minimum Gasteiger partial charge on any atom is -0.313 e. The van der Waals surface area contributed by atoms with Gasteiger partial charge in [0.15, 0.2) is 0 Å². The van der Waals surface area contributed by atoms with Crippen LogP contribution in [0, 0.1) is 11.8 Å². The van der Waals surface area contributed by atoms with Crippen LogP contribution in [0.15, 0.2) is 18.2 Å². The van der Waals surface area contributed by atoms with Gasteiger partial charge in [0.05, 0.1) is 10.0 Å². The molecule has 0 spiro atoms. The highest BCUT2D eigenvalue weighted by Crippen LogP contribution is 2.41. The molecule has 1 aliphatic carbocycles. The van der Waals surface area contributed by atoms with Crippen molar-refractivity contribution in [2.45, 2.75) is 39.2 Å². The van der Waals surface area contributed by atoms with E-state index in [1.807, 2.05) is 12.1 Å². The molecule has 0 saturated heterocycles. The van der Waals surface area contributed by atoms with Crippen LogP contribution >= 0.6 is 23.2 Å². The van der Waals surface area contributed by atoms with Gasteiger partial charge in [-0.2, -0.15) is 0 Å². The molecule has 0 aromatic heterocycles. The second-order valence-electron chi connectivity index (χ2n) is 5.39. The molecule has 0 bridgehead atoms. The van der Waals surface area contributed by atoms with Gasteiger partial charge >= 0.3 is 0 Å². The molecule has 2 rings (SSSR count). The fraction of sp³-hybridized carbons (Fsp3) is 0.600. The van der Waals surface area contributed by atoms with Crippen molar-refractivity contribution in [3.05, 3.63) is 33.8 Å². The Morgan fingerprint density at radius 3 is 2.61 bits per heavy atom. The first-order valence-electron chi connectivity index (χ1n) is 6.79. The van der Waals surface area contributed by atoms with Crippen molar-refractivity contribution >= 4 is 23.2 Å². The Kier molecular flexibility index (Phi) is 4.94. The average Bonchev–Trinajstić information content (AvgIpc) is 3.06. The summed E-state index contributed by atoms with van der Waals surface area (Å²) >= 11 is 12.0. The summed E-state index contributed by atoms with van der Waals surface area (Å²) in [5.41, 5.74) is 1.28. The van der Waals surface area contributed by atoms with Crippen LogP contribution < -0.4 is 5.32 Å². The van der Waals surface area contributed by atoms with Crippen LogP contribution in [-0.2, 0) is 6.42 Å². The Morgan fingerprint density at radius 1 is 1.33 bits per heavy atom. The van der Waals surface area contributed by atoms with Crippen LogP contribution in [0.25, 0.3) is 0 Å². The second-order valence-corrected chi connectivity index (χ2v) is 6.20. The summed E-state index contributed by atoms with van der Waals surface area (Å²) in [4.78, 5) is 0. The van der Waals surface area contributed by atoms with Crippen molar-refractivity contribution in [1.82, 2.24) is 5.32 Å². The van der Waals surface area contributed by atoms with E-state index < -0.39 is 0 Å². The van der Waals surface area contributed by atoms with Gasteiger partial charge < -0.3 is 5.32 Å². The van der Waals surface area contributed by atoms with Crippen molar-refractivity contribution < 1.29 is 0 Å². The van der Waals surface area contributed by atoms with Crippen LogP contribution in [-0.4, -0.2) is 12.6 Å². The molecule has 0 aliphatic heterocycles. The number of hydrogen-bond acceptors (Lipinski definition) is 1. The van der Waals surface area contributed by atoms with E-state index in [1.165, 1.54) is 18.4 Å². The summed E-state index contributed by atoms with van der Waals surface area (Å²) in [6, 6.07) is 6.56. The predicted molar refractivity (Wildman–Crippen MR) is 79.5 cm³/mol. The Balaban J connectivity index is 2.00. The topological polar surface area (TPSA) is 12.0 Å². The summed E-state index contributed by atoms with van der Waals surface area (Å²) in [6.45, 7) is 5.63. The Hall–Kier alpha value is -0.240. The molecule has 1 aliphatic rings.